The molecule has 0 aliphatic heterocycles. The summed E-state index contributed by atoms with van der Waals surface area (Å²) in [5.74, 6) is 1.46. The van der Waals surface area contributed by atoms with Crippen molar-refractivity contribution in [2.45, 2.75) is 38.1 Å². The molecule has 0 N–H and O–H groups in total. The van der Waals surface area contributed by atoms with Gasteiger partial charge < -0.3 is 9.64 Å². The van der Waals surface area contributed by atoms with E-state index in [0.29, 0.717) is 24.9 Å². The molecule has 1 aliphatic rings. The first-order valence-electron chi connectivity index (χ1n) is 7.23. The first-order chi connectivity index (χ1) is 9.74. The molecule has 0 heterocycles. The molecule has 0 atom stereocenters. The lowest BCUT2D eigenvalue weighted by Crippen LogP contribution is -2.41. The Balaban J connectivity index is 2.03. The zero-order valence-electron chi connectivity index (χ0n) is 12.0. The van der Waals surface area contributed by atoms with Crippen LogP contribution in [0.1, 0.15) is 31.2 Å². The summed E-state index contributed by atoms with van der Waals surface area (Å²) in [6.07, 6.45) is 5.08. The molecular formula is C16H22ClNO2. The number of alkyl halides is 1. The Morgan fingerprint density at radius 2 is 2.15 bits per heavy atom. The van der Waals surface area contributed by atoms with Gasteiger partial charge in [0.05, 0.1) is 13.5 Å². The Morgan fingerprint density at radius 1 is 1.40 bits per heavy atom. The Labute approximate surface area is 125 Å². The highest BCUT2D eigenvalue weighted by Crippen LogP contribution is 2.24. The van der Waals surface area contributed by atoms with E-state index in [1.54, 1.807) is 7.11 Å². The Kier molecular flexibility index (Phi) is 5.72. The molecule has 1 aromatic rings. The molecule has 0 bridgehead atoms. The molecule has 1 saturated carbocycles. The number of benzene rings is 1. The fourth-order valence-electron chi connectivity index (χ4n) is 2.88. The van der Waals surface area contributed by atoms with Crippen molar-refractivity contribution in [1.82, 2.24) is 4.90 Å². The zero-order chi connectivity index (χ0) is 14.4. The van der Waals surface area contributed by atoms with Crippen molar-refractivity contribution in [3.8, 4) is 5.75 Å². The van der Waals surface area contributed by atoms with E-state index in [2.05, 4.69) is 0 Å². The highest BCUT2D eigenvalue weighted by molar-refractivity contribution is 6.18. The summed E-state index contributed by atoms with van der Waals surface area (Å²) in [5.41, 5.74) is 0.993. The number of hydrogen-bond acceptors (Lipinski definition) is 2. The van der Waals surface area contributed by atoms with E-state index in [0.717, 1.165) is 24.2 Å². The quantitative estimate of drug-likeness (QED) is 0.754. The van der Waals surface area contributed by atoms with E-state index in [4.69, 9.17) is 16.3 Å². The molecule has 20 heavy (non-hydrogen) atoms. The van der Waals surface area contributed by atoms with E-state index < -0.39 is 0 Å². The maximum atomic E-state index is 12.5. The number of hydrogen-bond donors (Lipinski definition) is 0. The van der Waals surface area contributed by atoms with Crippen LogP contribution in [0.15, 0.2) is 24.3 Å². The number of carbonyl (C=O) groups excluding carboxylic acids is 1. The van der Waals surface area contributed by atoms with Crippen LogP contribution in [0, 0.1) is 0 Å². The van der Waals surface area contributed by atoms with Crippen molar-refractivity contribution in [2.75, 3.05) is 19.5 Å². The molecule has 0 aromatic heterocycles. The lowest BCUT2D eigenvalue weighted by atomic mass is 10.1. The van der Waals surface area contributed by atoms with Gasteiger partial charge in [-0.2, -0.15) is 0 Å². The van der Waals surface area contributed by atoms with Crippen LogP contribution in [0.5, 0.6) is 5.75 Å². The topological polar surface area (TPSA) is 29.5 Å². The van der Waals surface area contributed by atoms with E-state index in [9.17, 15) is 4.79 Å². The van der Waals surface area contributed by atoms with E-state index in [-0.39, 0.29) is 5.91 Å². The maximum absolute atomic E-state index is 12.5. The van der Waals surface area contributed by atoms with Gasteiger partial charge in [-0.05, 0) is 30.5 Å². The van der Waals surface area contributed by atoms with Crippen LogP contribution in [-0.2, 0) is 11.2 Å². The molecule has 0 saturated heterocycles. The van der Waals surface area contributed by atoms with Crippen LogP contribution in [0.3, 0.4) is 0 Å². The molecule has 1 amide bonds. The van der Waals surface area contributed by atoms with Crippen LogP contribution in [0.2, 0.25) is 0 Å². The van der Waals surface area contributed by atoms with Gasteiger partial charge in [-0.3, -0.25) is 4.79 Å². The van der Waals surface area contributed by atoms with E-state index >= 15 is 0 Å². The van der Waals surface area contributed by atoms with Crippen LogP contribution in [0.4, 0.5) is 0 Å². The summed E-state index contributed by atoms with van der Waals surface area (Å²) >= 11 is 5.86. The fraction of sp³-hybridized carbons (Fsp3) is 0.562. The molecule has 3 nitrogen and oxygen atoms in total. The van der Waals surface area contributed by atoms with Gasteiger partial charge in [-0.15, -0.1) is 11.6 Å². The molecule has 1 fully saturated rings. The van der Waals surface area contributed by atoms with Gasteiger partial charge in [0, 0.05) is 18.5 Å². The third-order valence-electron chi connectivity index (χ3n) is 3.90. The van der Waals surface area contributed by atoms with Gasteiger partial charge in [0.15, 0.2) is 0 Å². The fourth-order valence-corrected chi connectivity index (χ4v) is 3.06. The lowest BCUT2D eigenvalue weighted by Gasteiger charge is -2.28. The largest absolute Gasteiger partial charge is 0.497 e. The maximum Gasteiger partial charge on any atom is 0.227 e. The molecule has 2 rings (SSSR count). The second-order valence-electron chi connectivity index (χ2n) is 5.24. The summed E-state index contributed by atoms with van der Waals surface area (Å²) in [6.45, 7) is 0.648. The molecule has 1 aromatic carbocycles. The predicted octanol–water partition coefficient (Wildman–Crippen LogP) is 3.25. The van der Waals surface area contributed by atoms with E-state index in [1.165, 1.54) is 12.8 Å². The molecule has 1 aliphatic carbocycles. The van der Waals surface area contributed by atoms with Gasteiger partial charge >= 0.3 is 0 Å². The molecule has 0 radical (unpaired) electrons. The Morgan fingerprint density at radius 3 is 2.80 bits per heavy atom. The monoisotopic (exact) mass is 295 g/mol. The van der Waals surface area contributed by atoms with Crippen LogP contribution in [0.25, 0.3) is 0 Å². The standard InChI is InChI=1S/C16H22ClNO2/c1-20-15-8-4-5-13(11-15)12-16(19)18(10-9-17)14-6-2-3-7-14/h4-5,8,11,14H,2-3,6-7,9-10,12H2,1H3. The first kappa shape index (κ1) is 15.2. The molecular weight excluding hydrogens is 274 g/mol. The van der Waals surface area contributed by atoms with Crippen LogP contribution < -0.4 is 4.74 Å². The minimum atomic E-state index is 0.172. The average Bonchev–Trinajstić information content (AvgIpc) is 2.98. The lowest BCUT2D eigenvalue weighted by molar-refractivity contribution is -0.132. The van der Waals surface area contributed by atoms with Crippen molar-refractivity contribution in [1.29, 1.82) is 0 Å². The summed E-state index contributed by atoms with van der Waals surface area (Å²) in [6, 6.07) is 8.08. The van der Waals surface area contributed by atoms with Crippen molar-refractivity contribution in [3.05, 3.63) is 29.8 Å². The van der Waals surface area contributed by atoms with Gasteiger partial charge in [-0.25, -0.2) is 0 Å². The summed E-state index contributed by atoms with van der Waals surface area (Å²) in [5, 5.41) is 0. The summed E-state index contributed by atoms with van der Waals surface area (Å²) in [4.78, 5) is 14.5. The smallest absolute Gasteiger partial charge is 0.227 e. The van der Waals surface area contributed by atoms with Crippen LogP contribution in [-0.4, -0.2) is 36.4 Å². The third kappa shape index (κ3) is 3.89. The number of ether oxygens (including phenoxy) is 1. The number of methoxy groups -OCH3 is 1. The summed E-state index contributed by atoms with van der Waals surface area (Å²) in [7, 11) is 1.64. The highest BCUT2D eigenvalue weighted by atomic mass is 35.5. The number of halogens is 1. The molecule has 0 spiro atoms. The second kappa shape index (κ2) is 7.53. The number of nitrogens with zero attached hydrogens (tertiary/aromatic N) is 1. The van der Waals surface area contributed by atoms with Gasteiger partial charge in [0.2, 0.25) is 5.91 Å². The summed E-state index contributed by atoms with van der Waals surface area (Å²) < 4.78 is 5.20. The second-order valence-corrected chi connectivity index (χ2v) is 5.62. The highest BCUT2D eigenvalue weighted by Gasteiger charge is 2.26. The van der Waals surface area contributed by atoms with Crippen molar-refractivity contribution >= 4 is 17.5 Å². The number of rotatable bonds is 6. The third-order valence-corrected chi connectivity index (χ3v) is 4.07. The van der Waals surface area contributed by atoms with Crippen molar-refractivity contribution < 1.29 is 9.53 Å². The molecule has 4 heteroatoms. The minimum Gasteiger partial charge on any atom is -0.497 e. The van der Waals surface area contributed by atoms with Crippen molar-refractivity contribution in [3.63, 3.8) is 0 Å². The Hall–Kier alpha value is -1.22. The minimum absolute atomic E-state index is 0.172. The first-order valence-corrected chi connectivity index (χ1v) is 7.76. The Bertz CT molecular complexity index is 444. The zero-order valence-corrected chi connectivity index (χ0v) is 12.7. The SMILES string of the molecule is COc1cccc(CC(=O)N(CCCl)C2CCCC2)c1. The normalized spacial score (nSPS) is 15.3. The average molecular weight is 296 g/mol. The van der Waals surface area contributed by atoms with Gasteiger partial charge in [0.25, 0.3) is 0 Å². The van der Waals surface area contributed by atoms with Gasteiger partial charge in [-0.1, -0.05) is 25.0 Å². The molecule has 110 valence electrons. The van der Waals surface area contributed by atoms with Gasteiger partial charge in [0.1, 0.15) is 5.75 Å². The van der Waals surface area contributed by atoms with E-state index in [1.807, 2.05) is 29.2 Å². The predicted molar refractivity (Wildman–Crippen MR) is 81.4 cm³/mol. The molecule has 0 unspecified atom stereocenters. The number of carbonyl (C=O) groups is 1. The number of amides is 1. The van der Waals surface area contributed by atoms with Crippen LogP contribution >= 0.6 is 11.6 Å². The van der Waals surface area contributed by atoms with Crippen molar-refractivity contribution in [2.24, 2.45) is 0 Å².